The smallest absolute Gasteiger partial charge is 0.352 e. The number of aromatic nitrogens is 5. The molecular formula is C25H29F6N7O2. The monoisotopic (exact) mass is 573 g/mol. The fraction of sp³-hybridized carbons (Fsp3) is 0.560. The van der Waals surface area contributed by atoms with Crippen LogP contribution in [0.25, 0.3) is 11.0 Å². The zero-order chi connectivity index (χ0) is 29.3. The Morgan fingerprint density at radius 1 is 1.15 bits per heavy atom. The number of fused-ring (bicyclic) bond motifs is 1. The molecule has 9 nitrogen and oxygen atoms in total. The Morgan fingerprint density at radius 3 is 2.52 bits per heavy atom. The van der Waals surface area contributed by atoms with Crippen molar-refractivity contribution in [1.82, 2.24) is 35.6 Å². The number of hydrogen-bond donors (Lipinski definition) is 3. The van der Waals surface area contributed by atoms with Crippen LogP contribution in [0.15, 0.2) is 24.4 Å². The highest BCUT2D eigenvalue weighted by molar-refractivity contribution is 5.92. The SMILES string of the molecule is CC(C)(CC(NC(=O)c1cnn(CC2CC2)n1)c1nc2ccc(CNC(=O)CCC(F)(F)F)cc2[nH]1)C(F)(F)F. The van der Waals surface area contributed by atoms with Crippen LogP contribution in [0.5, 0.6) is 0 Å². The van der Waals surface area contributed by atoms with Gasteiger partial charge in [-0.3, -0.25) is 9.59 Å². The molecule has 3 N–H and O–H groups in total. The van der Waals surface area contributed by atoms with Crippen LogP contribution in [0.4, 0.5) is 26.3 Å². The van der Waals surface area contributed by atoms with E-state index < -0.39 is 54.9 Å². The maximum absolute atomic E-state index is 13.8. The molecule has 1 fully saturated rings. The standard InChI is InChI=1S/C25H29F6N7O2/c1-23(2,25(29,30)31)10-18(36-22(40)19-12-33-38(37-19)13-14-3-4-14)21-34-16-6-5-15(9-17(16)35-21)11-32-20(39)7-8-24(26,27)28/h5-6,9,12,14,18H,3-4,7-8,10-11,13H2,1-2H3,(H,32,39)(H,34,35)(H,36,40). The molecule has 40 heavy (non-hydrogen) atoms. The van der Waals surface area contributed by atoms with Crippen LogP contribution in [-0.2, 0) is 17.9 Å². The van der Waals surface area contributed by atoms with Gasteiger partial charge in [-0.25, -0.2) is 4.98 Å². The number of imidazole rings is 1. The molecular weight excluding hydrogens is 544 g/mol. The predicted octanol–water partition coefficient (Wildman–Crippen LogP) is 4.97. The first kappa shape index (κ1) is 29.3. The molecule has 4 rings (SSSR count). The third kappa shape index (κ3) is 7.72. The number of benzene rings is 1. The van der Waals surface area contributed by atoms with Crippen molar-refractivity contribution in [1.29, 1.82) is 0 Å². The van der Waals surface area contributed by atoms with E-state index in [1.54, 1.807) is 18.2 Å². The number of alkyl halides is 6. The quantitative estimate of drug-likeness (QED) is 0.280. The van der Waals surface area contributed by atoms with Gasteiger partial charge in [-0.05, 0) is 42.9 Å². The number of hydrogen-bond acceptors (Lipinski definition) is 5. The van der Waals surface area contributed by atoms with Gasteiger partial charge in [-0.2, -0.15) is 36.2 Å². The van der Waals surface area contributed by atoms with Crippen molar-refractivity contribution in [3.05, 3.63) is 41.5 Å². The molecule has 2 amide bonds. The normalized spacial score (nSPS) is 15.3. The number of nitrogens with zero attached hydrogens (tertiary/aromatic N) is 4. The van der Waals surface area contributed by atoms with Crippen LogP contribution in [0.1, 0.15) is 73.9 Å². The van der Waals surface area contributed by atoms with E-state index in [4.69, 9.17) is 0 Å². The number of nitrogens with one attached hydrogen (secondary N) is 3. The minimum absolute atomic E-state index is 0.0323. The first-order valence-electron chi connectivity index (χ1n) is 12.7. The summed E-state index contributed by atoms with van der Waals surface area (Å²) < 4.78 is 78.3. The number of aromatic amines is 1. The van der Waals surface area contributed by atoms with Crippen molar-refractivity contribution >= 4 is 22.8 Å². The van der Waals surface area contributed by atoms with Crippen molar-refractivity contribution < 1.29 is 35.9 Å². The number of halogens is 6. The molecule has 1 aromatic carbocycles. The Morgan fingerprint density at radius 2 is 1.88 bits per heavy atom. The van der Waals surface area contributed by atoms with Gasteiger partial charge in [0.15, 0.2) is 5.69 Å². The highest BCUT2D eigenvalue weighted by Crippen LogP contribution is 2.43. The highest BCUT2D eigenvalue weighted by Gasteiger charge is 2.49. The molecule has 1 saturated carbocycles. The van der Waals surface area contributed by atoms with Crippen molar-refractivity contribution in [2.45, 2.75) is 77.4 Å². The van der Waals surface area contributed by atoms with Crippen molar-refractivity contribution in [2.24, 2.45) is 11.3 Å². The van der Waals surface area contributed by atoms with E-state index >= 15 is 0 Å². The molecule has 15 heteroatoms. The van der Waals surface area contributed by atoms with E-state index in [1.165, 1.54) is 11.0 Å². The van der Waals surface area contributed by atoms with Crippen LogP contribution in [0.2, 0.25) is 0 Å². The minimum atomic E-state index is -4.56. The van der Waals surface area contributed by atoms with Crippen LogP contribution in [0.3, 0.4) is 0 Å². The molecule has 0 spiro atoms. The van der Waals surface area contributed by atoms with Crippen LogP contribution < -0.4 is 10.6 Å². The first-order valence-corrected chi connectivity index (χ1v) is 12.7. The van der Waals surface area contributed by atoms with Crippen LogP contribution in [0, 0.1) is 11.3 Å². The maximum Gasteiger partial charge on any atom is 0.394 e. The number of H-pyrrole nitrogens is 1. The fourth-order valence-electron chi connectivity index (χ4n) is 3.99. The summed E-state index contributed by atoms with van der Waals surface area (Å²) in [4.78, 5) is 33.4. The molecule has 3 aromatic rings. The first-order chi connectivity index (χ1) is 18.6. The van der Waals surface area contributed by atoms with Crippen LogP contribution >= 0.6 is 0 Å². The van der Waals surface area contributed by atoms with Crippen molar-refractivity contribution in [3.63, 3.8) is 0 Å². The molecule has 2 aromatic heterocycles. The summed E-state index contributed by atoms with van der Waals surface area (Å²) in [5, 5.41) is 13.2. The maximum atomic E-state index is 13.8. The number of rotatable bonds is 11. The van der Waals surface area contributed by atoms with Gasteiger partial charge >= 0.3 is 12.4 Å². The number of amides is 2. The van der Waals surface area contributed by atoms with Gasteiger partial charge in [0.05, 0.1) is 41.7 Å². The minimum Gasteiger partial charge on any atom is -0.352 e. The van der Waals surface area contributed by atoms with Gasteiger partial charge in [0.25, 0.3) is 5.91 Å². The van der Waals surface area contributed by atoms with Gasteiger partial charge in [-0.1, -0.05) is 19.9 Å². The second-order valence-corrected chi connectivity index (χ2v) is 10.7. The Bertz CT molecular complexity index is 1360. The van der Waals surface area contributed by atoms with Crippen molar-refractivity contribution in [3.8, 4) is 0 Å². The molecule has 0 radical (unpaired) electrons. The molecule has 1 aliphatic carbocycles. The van der Waals surface area contributed by atoms with Gasteiger partial charge < -0.3 is 15.6 Å². The van der Waals surface area contributed by atoms with Gasteiger partial charge in [0, 0.05) is 13.0 Å². The third-order valence-electron chi connectivity index (χ3n) is 6.69. The lowest BCUT2D eigenvalue weighted by Gasteiger charge is -2.31. The Labute approximate surface area is 225 Å². The van der Waals surface area contributed by atoms with Crippen molar-refractivity contribution in [2.75, 3.05) is 0 Å². The summed E-state index contributed by atoms with van der Waals surface area (Å²) in [7, 11) is 0. The van der Waals surface area contributed by atoms with E-state index in [1.807, 2.05) is 0 Å². The summed E-state index contributed by atoms with van der Waals surface area (Å²) in [6.07, 6.45) is -8.11. The Balaban J connectivity index is 1.51. The highest BCUT2D eigenvalue weighted by atomic mass is 19.4. The summed E-state index contributed by atoms with van der Waals surface area (Å²) in [5.41, 5.74) is -0.876. The Kier molecular flexibility index (Phi) is 8.13. The van der Waals surface area contributed by atoms with E-state index in [0.29, 0.717) is 29.1 Å². The molecule has 0 saturated heterocycles. The molecule has 2 heterocycles. The van der Waals surface area contributed by atoms with E-state index in [9.17, 15) is 35.9 Å². The molecule has 1 atom stereocenters. The average molecular weight is 574 g/mol. The second kappa shape index (κ2) is 11.1. The molecule has 1 aliphatic rings. The topological polar surface area (TPSA) is 118 Å². The van der Waals surface area contributed by atoms with Gasteiger partial charge in [-0.15, -0.1) is 5.10 Å². The fourth-order valence-corrected chi connectivity index (χ4v) is 3.99. The van der Waals surface area contributed by atoms with Gasteiger partial charge in [0.2, 0.25) is 5.91 Å². The summed E-state index contributed by atoms with van der Waals surface area (Å²) in [6.45, 7) is 2.56. The lowest BCUT2D eigenvalue weighted by Crippen LogP contribution is -2.39. The zero-order valence-corrected chi connectivity index (χ0v) is 21.8. The lowest BCUT2D eigenvalue weighted by atomic mass is 9.84. The molecule has 0 bridgehead atoms. The molecule has 1 unspecified atom stereocenters. The van der Waals surface area contributed by atoms with Gasteiger partial charge in [0.1, 0.15) is 5.82 Å². The summed E-state index contributed by atoms with van der Waals surface area (Å²) >= 11 is 0. The third-order valence-corrected chi connectivity index (χ3v) is 6.69. The van der Waals surface area contributed by atoms with E-state index in [-0.39, 0.29) is 18.1 Å². The summed E-state index contributed by atoms with van der Waals surface area (Å²) in [5.74, 6) is -0.934. The predicted molar refractivity (Wildman–Crippen MR) is 131 cm³/mol. The second-order valence-electron chi connectivity index (χ2n) is 10.7. The molecule has 218 valence electrons. The van der Waals surface area contributed by atoms with E-state index in [0.717, 1.165) is 26.7 Å². The Hall–Kier alpha value is -3.65. The number of carbonyl (C=O) groups is 2. The van der Waals surface area contributed by atoms with Crippen LogP contribution in [-0.4, -0.2) is 49.1 Å². The summed E-state index contributed by atoms with van der Waals surface area (Å²) in [6, 6.07) is 3.55. The van der Waals surface area contributed by atoms with E-state index in [2.05, 4.69) is 30.8 Å². The largest absolute Gasteiger partial charge is 0.394 e. The average Bonchev–Trinajstić information content (AvgIpc) is 3.36. The lowest BCUT2D eigenvalue weighted by molar-refractivity contribution is -0.215. The molecule has 0 aliphatic heterocycles. The zero-order valence-electron chi connectivity index (χ0n) is 21.8. The number of carbonyl (C=O) groups excluding carboxylic acids is 2.